The summed E-state index contributed by atoms with van der Waals surface area (Å²) in [5, 5.41) is 0. The van der Waals surface area contributed by atoms with Crippen LogP contribution in [0.1, 0.15) is 26.2 Å². The maximum absolute atomic E-state index is 13.2. The second-order valence-corrected chi connectivity index (χ2v) is 3.56. The Hall–Kier alpha value is -0.600. The van der Waals surface area contributed by atoms with E-state index < -0.39 is 18.1 Å². The monoisotopic (exact) mass is 174 g/mol. The third-order valence-corrected chi connectivity index (χ3v) is 2.54. The van der Waals surface area contributed by atoms with E-state index in [1.54, 1.807) is 0 Å². The highest BCUT2D eigenvalue weighted by Crippen LogP contribution is 2.31. The van der Waals surface area contributed by atoms with Gasteiger partial charge in [0.25, 0.3) is 0 Å². The molecule has 12 heavy (non-hydrogen) atoms. The predicted molar refractivity (Wildman–Crippen MR) is 43.4 cm³/mol. The van der Waals surface area contributed by atoms with E-state index in [4.69, 9.17) is 0 Å². The van der Waals surface area contributed by atoms with Crippen LogP contribution in [0.5, 0.6) is 0 Å². The van der Waals surface area contributed by atoms with Crippen molar-refractivity contribution in [2.24, 2.45) is 11.8 Å². The Bertz CT molecular complexity index is 170. The largest absolute Gasteiger partial charge is 0.469 e. The molecule has 1 saturated carbocycles. The zero-order valence-electron chi connectivity index (χ0n) is 7.55. The lowest BCUT2D eigenvalue weighted by Gasteiger charge is -2.27. The molecule has 0 aromatic rings. The Morgan fingerprint density at radius 2 is 2.17 bits per heavy atom. The maximum atomic E-state index is 13.2. The minimum atomic E-state index is -0.999. The van der Waals surface area contributed by atoms with Crippen LogP contribution in [0.2, 0.25) is 0 Å². The molecule has 0 spiro atoms. The van der Waals surface area contributed by atoms with Gasteiger partial charge < -0.3 is 4.74 Å². The van der Waals surface area contributed by atoms with Gasteiger partial charge in [-0.25, -0.2) is 4.39 Å². The first-order valence-electron chi connectivity index (χ1n) is 4.37. The lowest BCUT2D eigenvalue weighted by molar-refractivity contribution is -0.149. The van der Waals surface area contributed by atoms with Gasteiger partial charge in [0.15, 0.2) is 0 Å². The first-order valence-corrected chi connectivity index (χ1v) is 4.37. The second kappa shape index (κ2) is 3.87. The summed E-state index contributed by atoms with van der Waals surface area (Å²) in [7, 11) is 1.31. The quantitative estimate of drug-likeness (QED) is 0.568. The van der Waals surface area contributed by atoms with Crippen LogP contribution in [0.25, 0.3) is 0 Å². The number of carbonyl (C=O) groups excluding carboxylic acids is 1. The van der Waals surface area contributed by atoms with E-state index in [-0.39, 0.29) is 0 Å². The highest BCUT2D eigenvalue weighted by atomic mass is 19.1. The fraction of sp³-hybridized carbons (Fsp3) is 0.889. The Morgan fingerprint density at radius 3 is 2.67 bits per heavy atom. The van der Waals surface area contributed by atoms with Crippen LogP contribution >= 0.6 is 0 Å². The topological polar surface area (TPSA) is 26.3 Å². The minimum Gasteiger partial charge on any atom is -0.469 e. The van der Waals surface area contributed by atoms with Crippen molar-refractivity contribution < 1.29 is 13.9 Å². The van der Waals surface area contributed by atoms with Gasteiger partial charge in [0.05, 0.1) is 13.0 Å². The van der Waals surface area contributed by atoms with Gasteiger partial charge in [0, 0.05) is 0 Å². The minimum absolute atomic E-state index is 0.394. The third-order valence-electron chi connectivity index (χ3n) is 2.54. The molecular formula is C9H15FO2. The molecular weight excluding hydrogens is 159 g/mol. The molecule has 0 heterocycles. The van der Waals surface area contributed by atoms with Crippen molar-refractivity contribution in [3.8, 4) is 0 Å². The Labute approximate surface area is 72.1 Å². The van der Waals surface area contributed by atoms with E-state index in [2.05, 4.69) is 4.74 Å². The van der Waals surface area contributed by atoms with Gasteiger partial charge in [0.2, 0.25) is 0 Å². The van der Waals surface area contributed by atoms with Crippen molar-refractivity contribution in [3.05, 3.63) is 0 Å². The van der Waals surface area contributed by atoms with Crippen LogP contribution in [-0.2, 0) is 9.53 Å². The molecule has 0 aromatic carbocycles. The SMILES string of the molecule is COC(=O)C1CCC(C)CC1F. The highest BCUT2D eigenvalue weighted by molar-refractivity contribution is 5.73. The summed E-state index contributed by atoms with van der Waals surface area (Å²) in [6.45, 7) is 2.01. The van der Waals surface area contributed by atoms with Crippen molar-refractivity contribution in [2.45, 2.75) is 32.4 Å². The second-order valence-electron chi connectivity index (χ2n) is 3.56. The van der Waals surface area contributed by atoms with Crippen molar-refractivity contribution in [3.63, 3.8) is 0 Å². The van der Waals surface area contributed by atoms with Crippen LogP contribution < -0.4 is 0 Å². The predicted octanol–water partition coefficient (Wildman–Crippen LogP) is 1.93. The molecule has 3 heteroatoms. The zero-order chi connectivity index (χ0) is 9.14. The molecule has 0 radical (unpaired) electrons. The van der Waals surface area contributed by atoms with Crippen LogP contribution in [0.4, 0.5) is 4.39 Å². The van der Waals surface area contributed by atoms with E-state index in [1.165, 1.54) is 7.11 Å². The molecule has 0 bridgehead atoms. The normalized spacial score (nSPS) is 36.1. The van der Waals surface area contributed by atoms with Crippen LogP contribution in [-0.4, -0.2) is 19.3 Å². The molecule has 1 aliphatic carbocycles. The van der Waals surface area contributed by atoms with E-state index in [0.717, 1.165) is 6.42 Å². The van der Waals surface area contributed by atoms with Gasteiger partial charge in [-0.2, -0.15) is 0 Å². The number of methoxy groups -OCH3 is 1. The number of carbonyl (C=O) groups is 1. The van der Waals surface area contributed by atoms with E-state index in [9.17, 15) is 9.18 Å². The Kier molecular flexibility index (Phi) is 3.06. The number of halogens is 1. The molecule has 0 amide bonds. The van der Waals surface area contributed by atoms with E-state index in [0.29, 0.717) is 18.8 Å². The summed E-state index contributed by atoms with van der Waals surface area (Å²) >= 11 is 0. The van der Waals surface area contributed by atoms with Crippen molar-refractivity contribution >= 4 is 5.97 Å². The summed E-state index contributed by atoms with van der Waals surface area (Å²) < 4.78 is 17.8. The summed E-state index contributed by atoms with van der Waals surface area (Å²) in [5.74, 6) is -0.499. The van der Waals surface area contributed by atoms with Gasteiger partial charge in [0.1, 0.15) is 6.17 Å². The van der Waals surface area contributed by atoms with Crippen LogP contribution in [0.3, 0.4) is 0 Å². The number of alkyl halides is 1. The van der Waals surface area contributed by atoms with Crippen molar-refractivity contribution in [1.29, 1.82) is 0 Å². The summed E-state index contributed by atoms with van der Waals surface area (Å²) in [5.41, 5.74) is 0. The molecule has 0 aromatic heterocycles. The third kappa shape index (κ3) is 1.96. The standard InChI is InChI=1S/C9H15FO2/c1-6-3-4-7(8(10)5-6)9(11)12-2/h6-8H,3-5H2,1-2H3. The van der Waals surface area contributed by atoms with Gasteiger partial charge in [-0.1, -0.05) is 6.92 Å². The summed E-state index contributed by atoms with van der Waals surface area (Å²) in [4.78, 5) is 11.0. The molecule has 0 aliphatic heterocycles. The van der Waals surface area contributed by atoms with Crippen molar-refractivity contribution in [1.82, 2.24) is 0 Å². The lowest BCUT2D eigenvalue weighted by atomic mass is 9.81. The Balaban J connectivity index is 2.50. The van der Waals surface area contributed by atoms with Crippen LogP contribution in [0.15, 0.2) is 0 Å². The average Bonchev–Trinajstić information content (AvgIpc) is 2.03. The van der Waals surface area contributed by atoms with Crippen LogP contribution in [0, 0.1) is 11.8 Å². The molecule has 0 N–H and O–H groups in total. The van der Waals surface area contributed by atoms with E-state index in [1.807, 2.05) is 6.92 Å². The zero-order valence-corrected chi connectivity index (χ0v) is 7.55. The molecule has 1 rings (SSSR count). The molecule has 0 saturated heterocycles. The lowest BCUT2D eigenvalue weighted by Crippen LogP contribution is -2.32. The molecule has 3 unspecified atom stereocenters. The number of hydrogen-bond acceptors (Lipinski definition) is 2. The Morgan fingerprint density at radius 1 is 1.50 bits per heavy atom. The van der Waals surface area contributed by atoms with E-state index >= 15 is 0 Å². The van der Waals surface area contributed by atoms with Gasteiger partial charge in [-0.05, 0) is 25.2 Å². The van der Waals surface area contributed by atoms with Crippen molar-refractivity contribution in [2.75, 3.05) is 7.11 Å². The number of hydrogen-bond donors (Lipinski definition) is 0. The first-order chi connectivity index (χ1) is 5.65. The highest BCUT2D eigenvalue weighted by Gasteiger charge is 2.34. The number of rotatable bonds is 1. The maximum Gasteiger partial charge on any atom is 0.311 e. The average molecular weight is 174 g/mol. The molecule has 2 nitrogen and oxygen atoms in total. The molecule has 3 atom stereocenters. The number of esters is 1. The molecule has 1 fully saturated rings. The molecule has 70 valence electrons. The van der Waals surface area contributed by atoms with Gasteiger partial charge in [-0.3, -0.25) is 4.79 Å². The fourth-order valence-electron chi connectivity index (χ4n) is 1.73. The number of ether oxygens (including phenoxy) is 1. The van der Waals surface area contributed by atoms with Gasteiger partial charge >= 0.3 is 5.97 Å². The van der Waals surface area contributed by atoms with Gasteiger partial charge in [-0.15, -0.1) is 0 Å². The summed E-state index contributed by atoms with van der Waals surface area (Å²) in [6.07, 6.45) is 1.07. The summed E-state index contributed by atoms with van der Waals surface area (Å²) in [6, 6.07) is 0. The smallest absolute Gasteiger partial charge is 0.311 e. The fourth-order valence-corrected chi connectivity index (χ4v) is 1.73. The first kappa shape index (κ1) is 9.49. The molecule has 1 aliphatic rings.